The van der Waals surface area contributed by atoms with Crippen molar-refractivity contribution in [3.05, 3.63) is 0 Å². The number of ketones is 1. The van der Waals surface area contributed by atoms with E-state index in [2.05, 4.69) is 13.8 Å². The first kappa shape index (κ1) is 13.7. The van der Waals surface area contributed by atoms with Crippen molar-refractivity contribution in [2.24, 2.45) is 11.8 Å². The molecule has 0 bridgehead atoms. The summed E-state index contributed by atoms with van der Waals surface area (Å²) in [5.74, 6) is 1.41. The largest absolute Gasteiger partial charge is 0.299 e. The summed E-state index contributed by atoms with van der Waals surface area (Å²) in [6, 6.07) is 0. The van der Waals surface area contributed by atoms with Gasteiger partial charge >= 0.3 is 0 Å². The molecule has 1 saturated carbocycles. The molecule has 1 aliphatic carbocycles. The smallest absolute Gasteiger partial charge is 0.139 e. The molecule has 0 saturated heterocycles. The van der Waals surface area contributed by atoms with Gasteiger partial charge in [0.1, 0.15) is 5.78 Å². The zero-order chi connectivity index (χ0) is 11.8. The van der Waals surface area contributed by atoms with E-state index < -0.39 is 0 Å². The van der Waals surface area contributed by atoms with Gasteiger partial charge in [-0.3, -0.25) is 4.79 Å². The first-order valence-electron chi connectivity index (χ1n) is 7.33. The molecule has 1 fully saturated rings. The molecule has 0 spiro atoms. The van der Waals surface area contributed by atoms with Crippen molar-refractivity contribution < 1.29 is 4.79 Å². The van der Waals surface area contributed by atoms with Gasteiger partial charge < -0.3 is 0 Å². The second kappa shape index (κ2) is 7.86. The molecule has 1 aliphatic rings. The minimum absolute atomic E-state index is 0.382. The first-order chi connectivity index (χ1) is 7.79. The number of Topliss-reactive ketones (excluding diaryl/α,β-unsaturated/α-hetero) is 1. The standard InChI is InChI=1S/C15H28O/c1-3-5-10-13(9-4-2)15(16)14-11-7-6-8-12-14/h13-14H,3-12H2,1-2H3. The number of hydrogen-bond acceptors (Lipinski definition) is 1. The highest BCUT2D eigenvalue weighted by atomic mass is 16.1. The Labute approximate surface area is 101 Å². The van der Waals surface area contributed by atoms with Crippen LogP contribution in [0.3, 0.4) is 0 Å². The zero-order valence-corrected chi connectivity index (χ0v) is 11.1. The van der Waals surface area contributed by atoms with Crippen molar-refractivity contribution in [3.8, 4) is 0 Å². The number of unbranched alkanes of at least 4 members (excludes halogenated alkanes) is 1. The highest BCUT2D eigenvalue weighted by Gasteiger charge is 2.26. The minimum atomic E-state index is 0.382. The van der Waals surface area contributed by atoms with Crippen molar-refractivity contribution in [1.29, 1.82) is 0 Å². The van der Waals surface area contributed by atoms with E-state index in [0.29, 0.717) is 17.6 Å². The van der Waals surface area contributed by atoms with Crippen LogP contribution in [-0.2, 0) is 4.79 Å². The van der Waals surface area contributed by atoms with Crippen LogP contribution < -0.4 is 0 Å². The predicted octanol–water partition coefficient (Wildman–Crippen LogP) is 4.74. The molecule has 0 aromatic carbocycles. The maximum Gasteiger partial charge on any atom is 0.139 e. The summed E-state index contributed by atoms with van der Waals surface area (Å²) in [5.41, 5.74) is 0. The Hall–Kier alpha value is -0.330. The summed E-state index contributed by atoms with van der Waals surface area (Å²) in [4.78, 5) is 12.4. The summed E-state index contributed by atoms with van der Waals surface area (Å²) in [5, 5.41) is 0. The Bertz CT molecular complexity index is 192. The third-order valence-electron chi connectivity index (χ3n) is 3.95. The van der Waals surface area contributed by atoms with E-state index in [1.165, 1.54) is 44.9 Å². The molecule has 0 amide bonds. The lowest BCUT2D eigenvalue weighted by atomic mass is 9.79. The van der Waals surface area contributed by atoms with Gasteiger partial charge in [-0.05, 0) is 25.7 Å². The fraction of sp³-hybridized carbons (Fsp3) is 0.933. The third-order valence-corrected chi connectivity index (χ3v) is 3.95. The van der Waals surface area contributed by atoms with Crippen LogP contribution in [-0.4, -0.2) is 5.78 Å². The normalized spacial score (nSPS) is 19.6. The maximum absolute atomic E-state index is 12.4. The third kappa shape index (κ3) is 4.27. The predicted molar refractivity (Wildman–Crippen MR) is 69.5 cm³/mol. The van der Waals surface area contributed by atoms with Gasteiger partial charge in [-0.25, -0.2) is 0 Å². The summed E-state index contributed by atoms with van der Waals surface area (Å²) in [6.07, 6.45) is 12.1. The average Bonchev–Trinajstić information content (AvgIpc) is 2.35. The molecular weight excluding hydrogens is 196 g/mol. The lowest BCUT2D eigenvalue weighted by Gasteiger charge is -2.25. The molecule has 0 aromatic heterocycles. The molecule has 0 radical (unpaired) electrons. The van der Waals surface area contributed by atoms with Gasteiger partial charge in [-0.15, -0.1) is 0 Å². The minimum Gasteiger partial charge on any atom is -0.299 e. The van der Waals surface area contributed by atoms with Crippen molar-refractivity contribution >= 4 is 5.78 Å². The molecule has 1 heteroatoms. The molecule has 16 heavy (non-hydrogen) atoms. The molecule has 0 aliphatic heterocycles. The summed E-state index contributed by atoms with van der Waals surface area (Å²) < 4.78 is 0. The highest BCUT2D eigenvalue weighted by Crippen LogP contribution is 2.29. The monoisotopic (exact) mass is 224 g/mol. The Morgan fingerprint density at radius 1 is 1.06 bits per heavy atom. The van der Waals surface area contributed by atoms with Gasteiger partial charge in [0.25, 0.3) is 0 Å². The Balaban J connectivity index is 2.44. The van der Waals surface area contributed by atoms with E-state index >= 15 is 0 Å². The quantitative estimate of drug-likeness (QED) is 0.610. The van der Waals surface area contributed by atoms with Crippen LogP contribution in [0, 0.1) is 11.8 Å². The van der Waals surface area contributed by atoms with E-state index in [0.717, 1.165) is 19.3 Å². The van der Waals surface area contributed by atoms with Gasteiger partial charge in [0.15, 0.2) is 0 Å². The van der Waals surface area contributed by atoms with E-state index in [4.69, 9.17) is 0 Å². The van der Waals surface area contributed by atoms with E-state index in [1.807, 2.05) is 0 Å². The van der Waals surface area contributed by atoms with Crippen molar-refractivity contribution in [2.45, 2.75) is 78.1 Å². The molecule has 1 rings (SSSR count). The van der Waals surface area contributed by atoms with Crippen molar-refractivity contribution in [2.75, 3.05) is 0 Å². The lowest BCUT2D eigenvalue weighted by molar-refractivity contribution is -0.128. The molecule has 0 N–H and O–H groups in total. The highest BCUT2D eigenvalue weighted by molar-refractivity contribution is 5.83. The molecule has 1 nitrogen and oxygen atoms in total. The SMILES string of the molecule is CCCCC(CCC)C(=O)C1CCCCC1. The van der Waals surface area contributed by atoms with Crippen LogP contribution in [0.25, 0.3) is 0 Å². The Kier molecular flexibility index (Phi) is 6.75. The average molecular weight is 224 g/mol. The molecule has 0 aromatic rings. The first-order valence-corrected chi connectivity index (χ1v) is 7.33. The number of rotatable bonds is 7. The maximum atomic E-state index is 12.4. The van der Waals surface area contributed by atoms with Crippen LogP contribution in [0.15, 0.2) is 0 Å². The van der Waals surface area contributed by atoms with E-state index in [1.54, 1.807) is 0 Å². The topological polar surface area (TPSA) is 17.1 Å². The summed E-state index contributed by atoms with van der Waals surface area (Å²) in [7, 11) is 0. The number of carbonyl (C=O) groups is 1. The second-order valence-electron chi connectivity index (χ2n) is 5.37. The fourth-order valence-corrected chi connectivity index (χ4v) is 2.95. The van der Waals surface area contributed by atoms with Gasteiger partial charge in [0, 0.05) is 11.8 Å². The Morgan fingerprint density at radius 2 is 1.75 bits per heavy atom. The van der Waals surface area contributed by atoms with Gasteiger partial charge in [0.05, 0.1) is 0 Å². The van der Waals surface area contributed by atoms with Gasteiger partial charge in [-0.2, -0.15) is 0 Å². The fourth-order valence-electron chi connectivity index (χ4n) is 2.95. The Morgan fingerprint density at radius 3 is 2.31 bits per heavy atom. The summed E-state index contributed by atoms with van der Waals surface area (Å²) in [6.45, 7) is 4.42. The van der Waals surface area contributed by atoms with Gasteiger partial charge in [0.2, 0.25) is 0 Å². The number of hydrogen-bond donors (Lipinski definition) is 0. The van der Waals surface area contributed by atoms with E-state index in [9.17, 15) is 4.79 Å². The van der Waals surface area contributed by atoms with Crippen LogP contribution in [0.5, 0.6) is 0 Å². The van der Waals surface area contributed by atoms with Crippen LogP contribution >= 0.6 is 0 Å². The molecular formula is C15H28O. The summed E-state index contributed by atoms with van der Waals surface area (Å²) >= 11 is 0. The van der Waals surface area contributed by atoms with Crippen LogP contribution in [0.2, 0.25) is 0 Å². The molecule has 0 heterocycles. The van der Waals surface area contributed by atoms with Crippen molar-refractivity contribution in [1.82, 2.24) is 0 Å². The lowest BCUT2D eigenvalue weighted by Crippen LogP contribution is -2.25. The number of carbonyl (C=O) groups excluding carboxylic acids is 1. The molecule has 1 atom stereocenters. The molecule has 94 valence electrons. The second-order valence-corrected chi connectivity index (χ2v) is 5.37. The van der Waals surface area contributed by atoms with Gasteiger partial charge in [-0.1, -0.05) is 52.4 Å². The van der Waals surface area contributed by atoms with Crippen molar-refractivity contribution in [3.63, 3.8) is 0 Å². The van der Waals surface area contributed by atoms with Crippen LogP contribution in [0.4, 0.5) is 0 Å². The van der Waals surface area contributed by atoms with E-state index in [-0.39, 0.29) is 0 Å². The van der Waals surface area contributed by atoms with Crippen LogP contribution in [0.1, 0.15) is 78.1 Å². The molecule has 1 unspecified atom stereocenters. The zero-order valence-electron chi connectivity index (χ0n) is 11.1.